The second kappa shape index (κ2) is 6.31. The number of rotatable bonds is 3. The van der Waals surface area contributed by atoms with Gasteiger partial charge in [0.25, 0.3) is 11.5 Å². The van der Waals surface area contributed by atoms with Crippen LogP contribution in [0.4, 0.5) is 0 Å². The molecule has 0 aliphatic carbocycles. The molecule has 0 radical (unpaired) electrons. The number of carbonyl (C=O) groups excluding carboxylic acids is 1. The fourth-order valence-corrected chi connectivity index (χ4v) is 1.87. The molecule has 0 saturated carbocycles. The van der Waals surface area contributed by atoms with Crippen molar-refractivity contribution in [3.8, 4) is 5.88 Å². The van der Waals surface area contributed by atoms with Gasteiger partial charge in [-0.15, -0.1) is 0 Å². The first-order valence-electron chi connectivity index (χ1n) is 6.16. The fraction of sp³-hybridized carbons (Fsp3) is 0.154. The quantitative estimate of drug-likeness (QED) is 0.482. The van der Waals surface area contributed by atoms with E-state index in [1.165, 1.54) is 47.8 Å². The number of amides is 1. The largest absolute Gasteiger partial charge is 0.494 e. The van der Waals surface area contributed by atoms with Crippen molar-refractivity contribution in [1.29, 1.82) is 0 Å². The summed E-state index contributed by atoms with van der Waals surface area (Å²) in [6, 6.07) is 3.04. The Morgan fingerprint density at radius 3 is 2.64 bits per heavy atom. The molecule has 0 aromatic carbocycles. The maximum atomic E-state index is 12.0. The second-order valence-corrected chi connectivity index (χ2v) is 4.74. The lowest BCUT2D eigenvalue weighted by atomic mass is 10.3. The van der Waals surface area contributed by atoms with Gasteiger partial charge in [-0.05, 0) is 24.4 Å². The molecule has 0 aliphatic rings. The van der Waals surface area contributed by atoms with E-state index in [2.05, 4.69) is 15.5 Å². The highest BCUT2D eigenvalue weighted by atomic mass is 32.1. The number of nitrogens with one attached hydrogen (secondary N) is 1. The van der Waals surface area contributed by atoms with Crippen LogP contribution in [-0.4, -0.2) is 31.3 Å². The van der Waals surface area contributed by atoms with Crippen molar-refractivity contribution in [2.75, 3.05) is 0 Å². The lowest BCUT2D eigenvalue weighted by molar-refractivity contribution is 0.0955. The molecule has 2 aromatic rings. The van der Waals surface area contributed by atoms with E-state index < -0.39 is 11.5 Å². The molecule has 0 unspecified atom stereocenters. The molecular weight excluding hydrogens is 306 g/mol. The molecule has 0 fully saturated rings. The molecule has 2 aromatic heterocycles. The number of hydrazone groups is 1. The highest BCUT2D eigenvalue weighted by Crippen LogP contribution is 2.09. The summed E-state index contributed by atoms with van der Waals surface area (Å²) in [6.07, 6.45) is 4.02. The molecule has 9 heteroatoms. The van der Waals surface area contributed by atoms with Crippen molar-refractivity contribution in [2.24, 2.45) is 19.2 Å². The first-order valence-corrected chi connectivity index (χ1v) is 6.56. The highest BCUT2D eigenvalue weighted by Gasteiger charge is 2.11. The predicted molar refractivity (Wildman–Crippen MR) is 82.5 cm³/mol. The van der Waals surface area contributed by atoms with Crippen molar-refractivity contribution < 1.29 is 9.90 Å². The van der Waals surface area contributed by atoms with Gasteiger partial charge >= 0.3 is 0 Å². The van der Waals surface area contributed by atoms with Gasteiger partial charge in [0.2, 0.25) is 5.88 Å². The van der Waals surface area contributed by atoms with E-state index in [0.29, 0.717) is 5.56 Å². The fourth-order valence-electron chi connectivity index (χ4n) is 1.70. The smallest absolute Gasteiger partial charge is 0.271 e. The SMILES string of the molecule is Cn1c(O)c(C=NNC(=O)c2ccncc2)c(=O)n(C)c1=S. The molecule has 1 amide bonds. The summed E-state index contributed by atoms with van der Waals surface area (Å²) < 4.78 is 2.63. The van der Waals surface area contributed by atoms with Gasteiger partial charge in [0.05, 0.1) is 6.21 Å². The van der Waals surface area contributed by atoms with Gasteiger partial charge in [-0.1, -0.05) is 0 Å². The third-order valence-electron chi connectivity index (χ3n) is 2.97. The van der Waals surface area contributed by atoms with Crippen molar-refractivity contribution >= 4 is 24.3 Å². The molecule has 0 bridgehead atoms. The van der Waals surface area contributed by atoms with E-state index in [1.54, 1.807) is 0 Å². The molecule has 0 saturated heterocycles. The molecule has 2 rings (SSSR count). The summed E-state index contributed by atoms with van der Waals surface area (Å²) in [5.74, 6) is -0.783. The number of hydrogen-bond acceptors (Lipinski definition) is 6. The number of hydrogen-bond donors (Lipinski definition) is 2. The Morgan fingerprint density at radius 2 is 2.00 bits per heavy atom. The van der Waals surface area contributed by atoms with Crippen molar-refractivity contribution in [2.45, 2.75) is 0 Å². The van der Waals surface area contributed by atoms with E-state index in [9.17, 15) is 14.7 Å². The zero-order chi connectivity index (χ0) is 16.3. The molecule has 2 heterocycles. The van der Waals surface area contributed by atoms with Crippen LogP contribution >= 0.6 is 12.2 Å². The van der Waals surface area contributed by atoms with Gasteiger partial charge in [0.15, 0.2) is 4.77 Å². The van der Waals surface area contributed by atoms with E-state index in [4.69, 9.17) is 12.2 Å². The average Bonchev–Trinajstić information content (AvgIpc) is 2.55. The van der Waals surface area contributed by atoms with Crippen LogP contribution in [0.2, 0.25) is 0 Å². The molecule has 2 N–H and O–H groups in total. The summed E-state index contributed by atoms with van der Waals surface area (Å²) >= 11 is 4.99. The monoisotopic (exact) mass is 319 g/mol. The average molecular weight is 319 g/mol. The van der Waals surface area contributed by atoms with Crippen LogP contribution in [0, 0.1) is 4.77 Å². The minimum atomic E-state index is -0.512. The standard InChI is InChI=1S/C13H13N5O3S/c1-17-11(20)9(12(21)18(2)13(17)22)7-15-16-10(19)8-3-5-14-6-4-8/h3-7,20H,1-2H3,(H,16,19). The number of carbonyl (C=O) groups is 1. The van der Waals surface area contributed by atoms with Gasteiger partial charge in [0.1, 0.15) is 5.56 Å². The Hall–Kier alpha value is -2.81. The van der Waals surface area contributed by atoms with Gasteiger partial charge in [0, 0.05) is 32.1 Å². The van der Waals surface area contributed by atoms with Crippen LogP contribution in [0.15, 0.2) is 34.4 Å². The van der Waals surface area contributed by atoms with Crippen LogP contribution < -0.4 is 11.0 Å². The minimum absolute atomic E-state index is 0.0753. The molecular formula is C13H13N5O3S. The van der Waals surface area contributed by atoms with Crippen LogP contribution in [-0.2, 0) is 14.1 Å². The number of aromatic nitrogens is 3. The third-order valence-corrected chi connectivity index (χ3v) is 3.52. The first kappa shape index (κ1) is 15.6. The third kappa shape index (κ3) is 2.93. The lowest BCUT2D eigenvalue weighted by Gasteiger charge is -2.08. The van der Waals surface area contributed by atoms with E-state index in [-0.39, 0.29) is 16.2 Å². The lowest BCUT2D eigenvalue weighted by Crippen LogP contribution is -2.26. The Labute approximate surface area is 130 Å². The maximum absolute atomic E-state index is 12.0. The van der Waals surface area contributed by atoms with Crippen LogP contribution in [0.3, 0.4) is 0 Å². The van der Waals surface area contributed by atoms with Gasteiger partial charge in [-0.3, -0.25) is 23.7 Å². The molecule has 114 valence electrons. The Kier molecular flexibility index (Phi) is 4.47. The summed E-state index contributed by atoms with van der Waals surface area (Å²) in [6.45, 7) is 0. The number of pyridine rings is 1. The van der Waals surface area contributed by atoms with Crippen LogP contribution in [0.25, 0.3) is 0 Å². The Balaban J connectivity index is 2.27. The van der Waals surface area contributed by atoms with E-state index in [1.807, 2.05) is 0 Å². The predicted octanol–water partition coefficient (Wildman–Crippen LogP) is 0.318. The van der Waals surface area contributed by atoms with Gasteiger partial charge in [-0.25, -0.2) is 5.43 Å². The molecule has 8 nitrogen and oxygen atoms in total. The first-order chi connectivity index (χ1) is 10.4. The van der Waals surface area contributed by atoms with Crippen molar-refractivity contribution in [3.05, 3.63) is 50.8 Å². The molecule has 22 heavy (non-hydrogen) atoms. The van der Waals surface area contributed by atoms with Gasteiger partial charge < -0.3 is 5.11 Å². The highest BCUT2D eigenvalue weighted by molar-refractivity contribution is 7.71. The van der Waals surface area contributed by atoms with Crippen molar-refractivity contribution in [3.63, 3.8) is 0 Å². The minimum Gasteiger partial charge on any atom is -0.494 e. The van der Waals surface area contributed by atoms with E-state index >= 15 is 0 Å². The van der Waals surface area contributed by atoms with Crippen molar-refractivity contribution in [1.82, 2.24) is 19.5 Å². The molecule has 0 aliphatic heterocycles. The number of aromatic hydroxyl groups is 1. The zero-order valence-electron chi connectivity index (χ0n) is 11.8. The summed E-state index contributed by atoms with van der Waals surface area (Å²) in [5.41, 5.74) is 2.05. The molecule has 0 atom stereocenters. The summed E-state index contributed by atoms with van der Waals surface area (Å²) in [7, 11) is 3.00. The normalized spacial score (nSPS) is 10.8. The number of nitrogens with zero attached hydrogens (tertiary/aromatic N) is 4. The molecule has 0 spiro atoms. The van der Waals surface area contributed by atoms with Crippen LogP contribution in [0.5, 0.6) is 5.88 Å². The van der Waals surface area contributed by atoms with Crippen LogP contribution in [0.1, 0.15) is 15.9 Å². The Morgan fingerprint density at radius 1 is 1.36 bits per heavy atom. The summed E-state index contributed by atoms with van der Waals surface area (Å²) in [5, 5.41) is 13.6. The topological polar surface area (TPSA) is 102 Å². The second-order valence-electron chi connectivity index (χ2n) is 4.38. The van der Waals surface area contributed by atoms with E-state index in [0.717, 1.165) is 6.21 Å². The summed E-state index contributed by atoms with van der Waals surface area (Å²) in [4.78, 5) is 27.6. The Bertz CT molecular complexity index is 854. The maximum Gasteiger partial charge on any atom is 0.271 e. The zero-order valence-corrected chi connectivity index (χ0v) is 12.7. The van der Waals surface area contributed by atoms with Gasteiger partial charge in [-0.2, -0.15) is 5.10 Å².